The maximum Gasteiger partial charge on any atom is 0.350 e. The number of esters is 1. The van der Waals surface area contributed by atoms with Gasteiger partial charge >= 0.3 is 11.9 Å². The standard InChI is InChI=1S/C29H30N2O8S/c1-7-12-39-18-9-10-19(15(2)13-18)24(32)22-23(17-8-11-20(36-4)21(14-17)37-5)31(27(34)25(22)33)29-30-16(3)26(40-29)28(35)38-6/h8-11,13-14,23,32H,7,12H2,1-6H3/b24-22+. The number of aliphatic hydroxyl groups is 1. The molecule has 1 saturated heterocycles. The number of amides is 1. The summed E-state index contributed by atoms with van der Waals surface area (Å²) in [7, 11) is 4.21. The van der Waals surface area contributed by atoms with E-state index >= 15 is 0 Å². The number of hydrogen-bond acceptors (Lipinski definition) is 10. The Kier molecular flexibility index (Phi) is 8.43. The van der Waals surface area contributed by atoms with Gasteiger partial charge in [-0.3, -0.25) is 14.5 Å². The Bertz CT molecular complexity index is 1510. The number of aliphatic hydroxyl groups excluding tert-OH is 1. The van der Waals surface area contributed by atoms with Gasteiger partial charge in [0.25, 0.3) is 5.78 Å². The molecular weight excluding hydrogens is 536 g/mol. The van der Waals surface area contributed by atoms with Crippen molar-refractivity contribution >= 4 is 39.9 Å². The third-order valence-corrected chi connectivity index (χ3v) is 7.59. The van der Waals surface area contributed by atoms with Gasteiger partial charge in [0.2, 0.25) is 0 Å². The van der Waals surface area contributed by atoms with E-state index in [1.165, 1.54) is 26.2 Å². The summed E-state index contributed by atoms with van der Waals surface area (Å²) in [5.74, 6) is -1.31. The largest absolute Gasteiger partial charge is 0.507 e. The van der Waals surface area contributed by atoms with Gasteiger partial charge in [0.1, 0.15) is 16.4 Å². The van der Waals surface area contributed by atoms with Crippen LogP contribution in [0.4, 0.5) is 5.13 Å². The average Bonchev–Trinajstić information content (AvgIpc) is 3.46. The van der Waals surface area contributed by atoms with E-state index in [9.17, 15) is 19.5 Å². The fourth-order valence-corrected chi connectivity index (χ4v) is 5.50. The number of methoxy groups -OCH3 is 3. The Balaban J connectivity index is 1.94. The highest BCUT2D eigenvalue weighted by Crippen LogP contribution is 2.46. The van der Waals surface area contributed by atoms with Crippen LogP contribution in [-0.2, 0) is 14.3 Å². The summed E-state index contributed by atoms with van der Waals surface area (Å²) in [5, 5.41) is 11.7. The monoisotopic (exact) mass is 566 g/mol. The summed E-state index contributed by atoms with van der Waals surface area (Å²) >= 11 is 0.924. The van der Waals surface area contributed by atoms with Gasteiger partial charge in [-0.05, 0) is 61.7 Å². The van der Waals surface area contributed by atoms with E-state index in [2.05, 4.69) is 4.98 Å². The molecule has 0 bridgehead atoms. The van der Waals surface area contributed by atoms with Gasteiger partial charge in [-0.25, -0.2) is 9.78 Å². The fourth-order valence-electron chi connectivity index (χ4n) is 4.49. The number of anilines is 1. The molecule has 4 rings (SSSR count). The molecule has 1 aliphatic heterocycles. The lowest BCUT2D eigenvalue weighted by Gasteiger charge is -2.24. The normalized spacial score (nSPS) is 16.2. The summed E-state index contributed by atoms with van der Waals surface area (Å²) in [6.45, 7) is 5.93. The van der Waals surface area contributed by atoms with Crippen molar-refractivity contribution in [3.63, 3.8) is 0 Å². The summed E-state index contributed by atoms with van der Waals surface area (Å²) in [4.78, 5) is 45.2. The molecular formula is C29H30N2O8S. The van der Waals surface area contributed by atoms with Crippen LogP contribution in [0.15, 0.2) is 42.0 Å². The molecule has 10 nitrogen and oxygen atoms in total. The zero-order valence-electron chi connectivity index (χ0n) is 23.1. The topological polar surface area (TPSA) is 124 Å². The molecule has 0 spiro atoms. The van der Waals surface area contributed by atoms with Crippen molar-refractivity contribution in [2.75, 3.05) is 32.8 Å². The number of carbonyl (C=O) groups is 3. The predicted molar refractivity (Wildman–Crippen MR) is 149 cm³/mol. The molecule has 1 unspecified atom stereocenters. The third-order valence-electron chi connectivity index (χ3n) is 6.46. The van der Waals surface area contributed by atoms with Crippen molar-refractivity contribution < 1.29 is 38.4 Å². The van der Waals surface area contributed by atoms with Crippen LogP contribution in [0.2, 0.25) is 0 Å². The number of Topliss-reactive ketones (excluding diaryl/α,β-unsaturated/α-hetero) is 1. The first-order valence-electron chi connectivity index (χ1n) is 12.5. The minimum absolute atomic E-state index is 0.110. The Labute approximate surface area is 235 Å². The van der Waals surface area contributed by atoms with Crippen LogP contribution in [0, 0.1) is 13.8 Å². The quantitative estimate of drug-likeness (QED) is 0.165. The molecule has 1 aliphatic rings. The van der Waals surface area contributed by atoms with E-state index in [1.807, 2.05) is 6.92 Å². The SMILES string of the molecule is CCCOc1ccc(/C(O)=C2\C(=O)C(=O)N(c3nc(C)c(C(=O)OC)s3)C2c2ccc(OC)c(OC)c2)c(C)c1. The van der Waals surface area contributed by atoms with Crippen LogP contribution in [0.5, 0.6) is 17.2 Å². The van der Waals surface area contributed by atoms with Crippen molar-refractivity contribution in [3.8, 4) is 17.2 Å². The lowest BCUT2D eigenvalue weighted by molar-refractivity contribution is -0.132. The number of carbonyl (C=O) groups excluding carboxylic acids is 3. The highest BCUT2D eigenvalue weighted by atomic mass is 32.1. The number of thiazole rings is 1. The number of hydrogen-bond donors (Lipinski definition) is 1. The summed E-state index contributed by atoms with van der Waals surface area (Å²) < 4.78 is 21.4. The molecule has 210 valence electrons. The van der Waals surface area contributed by atoms with E-state index in [1.54, 1.807) is 50.2 Å². The van der Waals surface area contributed by atoms with Crippen molar-refractivity contribution in [1.82, 2.24) is 4.98 Å². The molecule has 2 aromatic carbocycles. The maximum atomic E-state index is 13.6. The Morgan fingerprint density at radius 1 is 1.05 bits per heavy atom. The molecule has 40 heavy (non-hydrogen) atoms. The van der Waals surface area contributed by atoms with Gasteiger partial charge in [-0.2, -0.15) is 0 Å². The van der Waals surface area contributed by atoms with E-state index in [4.69, 9.17) is 18.9 Å². The summed E-state index contributed by atoms with van der Waals surface area (Å²) in [6, 6.07) is 8.99. The first kappa shape index (κ1) is 28.6. The number of ether oxygens (including phenoxy) is 4. The Morgan fingerprint density at radius 2 is 1.77 bits per heavy atom. The zero-order chi connectivity index (χ0) is 29.1. The van der Waals surface area contributed by atoms with E-state index in [-0.39, 0.29) is 21.3 Å². The van der Waals surface area contributed by atoms with Crippen LogP contribution < -0.4 is 19.1 Å². The predicted octanol–water partition coefficient (Wildman–Crippen LogP) is 4.98. The smallest absolute Gasteiger partial charge is 0.350 e. The highest BCUT2D eigenvalue weighted by Gasteiger charge is 2.48. The van der Waals surface area contributed by atoms with Crippen molar-refractivity contribution in [1.29, 1.82) is 0 Å². The average molecular weight is 567 g/mol. The molecule has 1 aromatic heterocycles. The number of rotatable bonds is 9. The Morgan fingerprint density at radius 3 is 2.40 bits per heavy atom. The summed E-state index contributed by atoms with van der Waals surface area (Å²) in [6.07, 6.45) is 0.837. The van der Waals surface area contributed by atoms with Crippen molar-refractivity contribution in [3.05, 3.63) is 69.2 Å². The van der Waals surface area contributed by atoms with E-state index in [0.717, 1.165) is 17.8 Å². The zero-order valence-corrected chi connectivity index (χ0v) is 23.9. The summed E-state index contributed by atoms with van der Waals surface area (Å²) in [5.41, 5.74) is 1.71. The van der Waals surface area contributed by atoms with Gasteiger partial charge in [0.05, 0.1) is 45.2 Å². The molecule has 2 heterocycles. The minimum Gasteiger partial charge on any atom is -0.507 e. The molecule has 1 fully saturated rings. The van der Waals surface area contributed by atoms with Crippen LogP contribution >= 0.6 is 11.3 Å². The fraction of sp³-hybridized carbons (Fsp3) is 0.310. The van der Waals surface area contributed by atoms with E-state index in [0.29, 0.717) is 46.2 Å². The second kappa shape index (κ2) is 11.8. The van der Waals surface area contributed by atoms with Gasteiger partial charge in [0, 0.05) is 5.56 Å². The number of nitrogens with zero attached hydrogens (tertiary/aromatic N) is 2. The minimum atomic E-state index is -1.08. The highest BCUT2D eigenvalue weighted by molar-refractivity contribution is 7.17. The van der Waals surface area contributed by atoms with Gasteiger partial charge < -0.3 is 24.1 Å². The van der Waals surface area contributed by atoms with Crippen LogP contribution in [-0.4, -0.2) is 55.7 Å². The Hall–Kier alpha value is -4.38. The van der Waals surface area contributed by atoms with Gasteiger partial charge in [-0.15, -0.1) is 0 Å². The maximum absolute atomic E-state index is 13.6. The number of aryl methyl sites for hydroxylation is 2. The molecule has 1 N–H and O–H groups in total. The number of aromatic nitrogens is 1. The molecule has 3 aromatic rings. The molecule has 1 amide bonds. The number of ketones is 1. The van der Waals surface area contributed by atoms with Crippen molar-refractivity contribution in [2.24, 2.45) is 0 Å². The molecule has 0 radical (unpaired) electrons. The van der Waals surface area contributed by atoms with Crippen LogP contribution in [0.3, 0.4) is 0 Å². The lowest BCUT2D eigenvalue weighted by Crippen LogP contribution is -2.29. The lowest BCUT2D eigenvalue weighted by atomic mass is 9.93. The third kappa shape index (κ3) is 5.12. The second-order valence-corrected chi connectivity index (χ2v) is 9.99. The van der Waals surface area contributed by atoms with Crippen molar-refractivity contribution in [2.45, 2.75) is 33.2 Å². The first-order valence-corrected chi connectivity index (χ1v) is 13.3. The van der Waals surface area contributed by atoms with E-state index < -0.39 is 23.7 Å². The molecule has 0 aliphatic carbocycles. The molecule has 11 heteroatoms. The molecule has 0 saturated carbocycles. The first-order chi connectivity index (χ1) is 19.2. The van der Waals surface area contributed by atoms with Gasteiger partial charge in [0.15, 0.2) is 16.6 Å². The molecule has 1 atom stereocenters. The second-order valence-electron chi connectivity index (χ2n) is 9.01. The van der Waals surface area contributed by atoms with Crippen LogP contribution in [0.1, 0.15) is 51.4 Å². The number of benzene rings is 2. The van der Waals surface area contributed by atoms with Gasteiger partial charge in [-0.1, -0.05) is 24.3 Å². The van der Waals surface area contributed by atoms with Crippen LogP contribution in [0.25, 0.3) is 5.76 Å².